The van der Waals surface area contributed by atoms with Crippen molar-refractivity contribution in [3.63, 3.8) is 0 Å². The second kappa shape index (κ2) is 7.29. The maximum absolute atomic E-state index is 11.8. The summed E-state index contributed by atoms with van der Waals surface area (Å²) in [6, 6.07) is 8.61. The van der Waals surface area contributed by atoms with Gasteiger partial charge in [-0.05, 0) is 37.1 Å². The van der Waals surface area contributed by atoms with Crippen LogP contribution in [0.3, 0.4) is 0 Å². The highest BCUT2D eigenvalue weighted by atomic mass is 16.4. The van der Waals surface area contributed by atoms with Crippen molar-refractivity contribution in [3.8, 4) is 0 Å². The van der Waals surface area contributed by atoms with Crippen LogP contribution in [-0.4, -0.2) is 27.1 Å². The zero-order chi connectivity index (χ0) is 17.7. The predicted molar refractivity (Wildman–Crippen MR) is 86.7 cm³/mol. The van der Waals surface area contributed by atoms with E-state index in [1.807, 2.05) is 13.8 Å². The predicted octanol–water partition coefficient (Wildman–Crippen LogP) is 3.30. The van der Waals surface area contributed by atoms with Gasteiger partial charge in [-0.15, -0.1) is 0 Å². The molecule has 0 bridgehead atoms. The van der Waals surface area contributed by atoms with Gasteiger partial charge in [0.2, 0.25) is 0 Å². The second-order valence-electron chi connectivity index (χ2n) is 5.73. The molecule has 0 saturated carbocycles. The molecule has 6 nitrogen and oxygen atoms in total. The van der Waals surface area contributed by atoms with Crippen molar-refractivity contribution in [2.75, 3.05) is 0 Å². The van der Waals surface area contributed by atoms with E-state index < -0.39 is 29.2 Å². The average Bonchev–Trinajstić information content (AvgIpc) is 3.10. The Morgan fingerprint density at radius 3 is 2.21 bits per heavy atom. The highest BCUT2D eigenvalue weighted by molar-refractivity contribution is 5.94. The molecule has 128 valence electrons. The Labute approximate surface area is 140 Å². The number of aromatic nitrogens is 1. The standard InChI is InChI=1S/C18H21NO5/c1-3-18(4-2,13-9-7-11-24-13)15(12-8-5-6-10-19-12)14(16(20)21)17(22)23/h5-11,14-15H,3-4H2,1-2H3,(H,20,21)(H,22,23). The van der Waals surface area contributed by atoms with Crippen LogP contribution < -0.4 is 0 Å². The van der Waals surface area contributed by atoms with Gasteiger partial charge in [-0.2, -0.15) is 0 Å². The third-order valence-corrected chi connectivity index (χ3v) is 4.74. The number of pyridine rings is 1. The minimum Gasteiger partial charge on any atom is -0.481 e. The Bertz CT molecular complexity index is 663. The fraction of sp³-hybridized carbons (Fsp3) is 0.389. The van der Waals surface area contributed by atoms with E-state index in [1.165, 1.54) is 6.26 Å². The smallest absolute Gasteiger partial charge is 0.318 e. The van der Waals surface area contributed by atoms with E-state index in [0.717, 1.165) is 0 Å². The van der Waals surface area contributed by atoms with E-state index in [1.54, 1.807) is 36.5 Å². The van der Waals surface area contributed by atoms with Gasteiger partial charge < -0.3 is 14.6 Å². The first-order valence-electron chi connectivity index (χ1n) is 7.88. The van der Waals surface area contributed by atoms with Gasteiger partial charge in [0.15, 0.2) is 5.92 Å². The van der Waals surface area contributed by atoms with Crippen molar-refractivity contribution in [3.05, 3.63) is 54.2 Å². The average molecular weight is 331 g/mol. The molecule has 0 saturated heterocycles. The molecule has 2 heterocycles. The number of carboxylic acids is 2. The highest BCUT2D eigenvalue weighted by Gasteiger charge is 2.50. The summed E-state index contributed by atoms with van der Waals surface area (Å²) >= 11 is 0. The summed E-state index contributed by atoms with van der Waals surface area (Å²) in [6.45, 7) is 3.81. The molecule has 0 spiro atoms. The van der Waals surface area contributed by atoms with Gasteiger partial charge in [-0.25, -0.2) is 0 Å². The molecular weight excluding hydrogens is 310 g/mol. The van der Waals surface area contributed by atoms with Gasteiger partial charge in [0.1, 0.15) is 5.76 Å². The van der Waals surface area contributed by atoms with E-state index in [-0.39, 0.29) is 0 Å². The Morgan fingerprint density at radius 2 is 1.79 bits per heavy atom. The van der Waals surface area contributed by atoms with Crippen LogP contribution in [-0.2, 0) is 15.0 Å². The van der Waals surface area contributed by atoms with Gasteiger partial charge in [-0.1, -0.05) is 19.9 Å². The number of carbonyl (C=O) groups is 2. The SMILES string of the molecule is CCC(CC)(c1ccco1)C(c1ccccn1)C(C(=O)O)C(=O)O. The number of aliphatic carboxylic acids is 2. The Balaban J connectivity index is 2.72. The van der Waals surface area contributed by atoms with Crippen molar-refractivity contribution < 1.29 is 24.2 Å². The number of hydrogen-bond acceptors (Lipinski definition) is 4. The lowest BCUT2D eigenvalue weighted by atomic mass is 9.63. The first-order valence-corrected chi connectivity index (χ1v) is 7.88. The van der Waals surface area contributed by atoms with Crippen LogP contribution in [0.4, 0.5) is 0 Å². The molecule has 2 rings (SSSR count). The number of furan rings is 1. The molecule has 0 amide bonds. The summed E-state index contributed by atoms with van der Waals surface area (Å²) in [5.74, 6) is -4.65. The van der Waals surface area contributed by atoms with E-state index in [4.69, 9.17) is 4.42 Å². The molecule has 2 aromatic heterocycles. The van der Waals surface area contributed by atoms with Crippen LogP contribution in [0, 0.1) is 5.92 Å². The topological polar surface area (TPSA) is 101 Å². The van der Waals surface area contributed by atoms with E-state index in [0.29, 0.717) is 24.3 Å². The molecular formula is C18H21NO5. The molecule has 0 radical (unpaired) electrons. The highest BCUT2D eigenvalue weighted by Crippen LogP contribution is 2.48. The maximum Gasteiger partial charge on any atom is 0.318 e. The van der Waals surface area contributed by atoms with Crippen LogP contribution in [0.15, 0.2) is 47.2 Å². The third kappa shape index (κ3) is 3.04. The molecule has 2 aromatic rings. The number of rotatable bonds is 8. The molecule has 6 heteroatoms. The van der Waals surface area contributed by atoms with E-state index in [2.05, 4.69) is 4.98 Å². The van der Waals surface area contributed by atoms with Crippen molar-refractivity contribution in [1.82, 2.24) is 4.98 Å². The normalized spacial score (nSPS) is 13.0. The molecule has 2 N–H and O–H groups in total. The first kappa shape index (κ1) is 17.7. The molecule has 0 fully saturated rings. The monoisotopic (exact) mass is 331 g/mol. The summed E-state index contributed by atoms with van der Waals surface area (Å²) in [7, 11) is 0. The van der Waals surface area contributed by atoms with Gasteiger partial charge in [-0.3, -0.25) is 14.6 Å². The zero-order valence-electron chi connectivity index (χ0n) is 13.7. The zero-order valence-corrected chi connectivity index (χ0v) is 13.7. The lowest BCUT2D eigenvalue weighted by Crippen LogP contribution is -2.43. The van der Waals surface area contributed by atoms with Crippen molar-refractivity contribution in [2.45, 2.75) is 38.0 Å². The maximum atomic E-state index is 11.8. The van der Waals surface area contributed by atoms with Crippen molar-refractivity contribution >= 4 is 11.9 Å². The van der Waals surface area contributed by atoms with Gasteiger partial charge >= 0.3 is 11.9 Å². The minimum absolute atomic E-state index is 0.437. The molecule has 1 atom stereocenters. The fourth-order valence-corrected chi connectivity index (χ4v) is 3.48. The van der Waals surface area contributed by atoms with Crippen molar-refractivity contribution in [1.29, 1.82) is 0 Å². The Morgan fingerprint density at radius 1 is 1.12 bits per heavy atom. The van der Waals surface area contributed by atoms with Gasteiger partial charge in [0, 0.05) is 23.2 Å². The third-order valence-electron chi connectivity index (χ3n) is 4.74. The lowest BCUT2D eigenvalue weighted by molar-refractivity contribution is -0.157. The quantitative estimate of drug-likeness (QED) is 0.720. The number of hydrogen-bond donors (Lipinski definition) is 2. The summed E-state index contributed by atoms with van der Waals surface area (Å²) in [5.41, 5.74) is -0.341. The molecule has 1 unspecified atom stereocenters. The van der Waals surface area contributed by atoms with Gasteiger partial charge in [0.05, 0.1) is 6.26 Å². The van der Waals surface area contributed by atoms with Crippen LogP contribution in [0.5, 0.6) is 0 Å². The summed E-state index contributed by atoms with van der Waals surface area (Å²) in [5, 5.41) is 19.2. The molecule has 24 heavy (non-hydrogen) atoms. The molecule has 0 aliphatic rings. The van der Waals surface area contributed by atoms with Crippen LogP contribution in [0.25, 0.3) is 0 Å². The summed E-state index contributed by atoms with van der Waals surface area (Å²) in [4.78, 5) is 27.8. The van der Waals surface area contributed by atoms with Crippen LogP contribution in [0.1, 0.15) is 44.1 Å². The van der Waals surface area contributed by atoms with Crippen LogP contribution >= 0.6 is 0 Å². The fourth-order valence-electron chi connectivity index (χ4n) is 3.48. The van der Waals surface area contributed by atoms with Crippen LogP contribution in [0.2, 0.25) is 0 Å². The largest absolute Gasteiger partial charge is 0.481 e. The van der Waals surface area contributed by atoms with Gasteiger partial charge in [0.25, 0.3) is 0 Å². The first-order chi connectivity index (χ1) is 11.5. The van der Waals surface area contributed by atoms with E-state index >= 15 is 0 Å². The minimum atomic E-state index is -1.62. The Kier molecular flexibility index (Phi) is 5.39. The molecule has 0 aromatic carbocycles. The summed E-state index contributed by atoms with van der Waals surface area (Å²) in [6.07, 6.45) is 4.10. The van der Waals surface area contributed by atoms with E-state index in [9.17, 15) is 19.8 Å². The second-order valence-corrected chi connectivity index (χ2v) is 5.73. The summed E-state index contributed by atoms with van der Waals surface area (Å²) < 4.78 is 5.58. The van der Waals surface area contributed by atoms with Crippen molar-refractivity contribution in [2.24, 2.45) is 5.92 Å². The number of nitrogens with zero attached hydrogens (tertiary/aromatic N) is 1. The lowest BCUT2D eigenvalue weighted by Gasteiger charge is -2.39. The molecule has 0 aliphatic heterocycles. The Hall–Kier alpha value is -2.63. The number of carboxylic acid groups (broad SMARTS) is 2. The molecule has 0 aliphatic carbocycles.